The van der Waals surface area contributed by atoms with Gasteiger partial charge >= 0.3 is 0 Å². The van der Waals surface area contributed by atoms with Gasteiger partial charge in [0.1, 0.15) is 0 Å². The Labute approximate surface area is 124 Å². The standard InChI is InChI=1S/C17H21N.C2H6/c1-5-16(11-6-13(2)3)17(18)12-15-9-7-14(4)8-10-15;1-2/h5-11,18H,1,12H2,2-4H3;1-2H3/b16-11+,18-17?;. The topological polar surface area (TPSA) is 23.9 Å². The van der Waals surface area contributed by atoms with Gasteiger partial charge in [-0.15, -0.1) is 0 Å². The van der Waals surface area contributed by atoms with Crippen molar-refractivity contribution in [2.24, 2.45) is 0 Å². The summed E-state index contributed by atoms with van der Waals surface area (Å²) in [4.78, 5) is 0. The molecule has 0 bridgehead atoms. The zero-order valence-corrected chi connectivity index (χ0v) is 13.5. The maximum Gasteiger partial charge on any atom is 0.0429 e. The predicted octanol–water partition coefficient (Wildman–Crippen LogP) is 5.66. The molecule has 0 aromatic heterocycles. The Kier molecular flexibility index (Phi) is 9.02. The van der Waals surface area contributed by atoms with Crippen molar-refractivity contribution in [3.63, 3.8) is 0 Å². The van der Waals surface area contributed by atoms with E-state index in [4.69, 9.17) is 5.41 Å². The van der Waals surface area contributed by atoms with E-state index in [1.165, 1.54) is 11.1 Å². The van der Waals surface area contributed by atoms with Crippen molar-refractivity contribution in [2.75, 3.05) is 0 Å². The molecule has 0 saturated carbocycles. The van der Waals surface area contributed by atoms with Crippen molar-refractivity contribution in [2.45, 2.75) is 41.0 Å². The van der Waals surface area contributed by atoms with Crippen LogP contribution in [-0.4, -0.2) is 5.71 Å². The molecule has 0 atom stereocenters. The molecule has 0 spiro atoms. The lowest BCUT2D eigenvalue weighted by Gasteiger charge is -2.05. The van der Waals surface area contributed by atoms with Gasteiger partial charge < -0.3 is 5.41 Å². The van der Waals surface area contributed by atoms with Gasteiger partial charge in [-0.25, -0.2) is 0 Å². The molecular formula is C19H27N. The number of benzene rings is 1. The van der Waals surface area contributed by atoms with Gasteiger partial charge in [0.2, 0.25) is 0 Å². The summed E-state index contributed by atoms with van der Waals surface area (Å²) in [5, 5.41) is 8.11. The van der Waals surface area contributed by atoms with Gasteiger partial charge in [-0.2, -0.15) is 0 Å². The Morgan fingerprint density at radius 2 is 1.65 bits per heavy atom. The van der Waals surface area contributed by atoms with E-state index in [1.54, 1.807) is 6.08 Å². The number of aryl methyl sites for hydroxylation is 1. The van der Waals surface area contributed by atoms with E-state index >= 15 is 0 Å². The Morgan fingerprint density at radius 3 is 2.10 bits per heavy atom. The van der Waals surface area contributed by atoms with Crippen LogP contribution < -0.4 is 0 Å². The number of allylic oxidation sites excluding steroid dienone is 5. The van der Waals surface area contributed by atoms with E-state index < -0.39 is 0 Å². The van der Waals surface area contributed by atoms with Crippen molar-refractivity contribution in [3.8, 4) is 0 Å². The van der Waals surface area contributed by atoms with Gasteiger partial charge in [-0.3, -0.25) is 0 Å². The van der Waals surface area contributed by atoms with Crippen LogP contribution in [0, 0.1) is 12.3 Å². The van der Waals surface area contributed by atoms with Crippen LogP contribution in [0.25, 0.3) is 0 Å². The molecule has 1 aromatic rings. The quantitative estimate of drug-likeness (QED) is 0.526. The molecule has 1 heteroatoms. The lowest BCUT2D eigenvalue weighted by atomic mass is 10.0. The molecule has 0 fully saturated rings. The maximum atomic E-state index is 8.11. The average Bonchev–Trinajstić information content (AvgIpc) is 2.44. The first-order valence-corrected chi connectivity index (χ1v) is 7.14. The highest BCUT2D eigenvalue weighted by atomic mass is 14.4. The minimum Gasteiger partial charge on any atom is -0.304 e. The Bertz CT molecular complexity index is 483. The van der Waals surface area contributed by atoms with E-state index in [-0.39, 0.29) is 0 Å². The minimum absolute atomic E-state index is 0.603. The van der Waals surface area contributed by atoms with Crippen LogP contribution in [0.2, 0.25) is 0 Å². The van der Waals surface area contributed by atoms with E-state index in [9.17, 15) is 0 Å². The molecule has 0 saturated heterocycles. The molecule has 0 amide bonds. The number of rotatable bonds is 5. The summed E-state index contributed by atoms with van der Waals surface area (Å²) in [6.45, 7) is 13.9. The lowest BCUT2D eigenvalue weighted by molar-refractivity contribution is 1.26. The van der Waals surface area contributed by atoms with Crippen molar-refractivity contribution < 1.29 is 0 Å². The Morgan fingerprint density at radius 1 is 1.10 bits per heavy atom. The molecule has 0 unspecified atom stereocenters. The van der Waals surface area contributed by atoms with Gasteiger partial charge in [0.05, 0.1) is 0 Å². The summed E-state index contributed by atoms with van der Waals surface area (Å²) in [6, 6.07) is 8.31. The zero-order valence-electron chi connectivity index (χ0n) is 13.5. The molecular weight excluding hydrogens is 242 g/mol. The van der Waals surface area contributed by atoms with Crippen LogP contribution in [0.4, 0.5) is 0 Å². The molecule has 20 heavy (non-hydrogen) atoms. The molecule has 1 nitrogen and oxygen atoms in total. The fraction of sp³-hybridized carbons (Fsp3) is 0.316. The second kappa shape index (κ2) is 9.96. The largest absolute Gasteiger partial charge is 0.304 e. The first-order chi connectivity index (χ1) is 9.52. The second-order valence-corrected chi connectivity index (χ2v) is 4.71. The Hall–Kier alpha value is -1.89. The smallest absolute Gasteiger partial charge is 0.0429 e. The summed E-state index contributed by atoms with van der Waals surface area (Å²) < 4.78 is 0. The normalized spacial score (nSPS) is 10.2. The molecule has 1 rings (SSSR count). The first-order valence-electron chi connectivity index (χ1n) is 7.14. The van der Waals surface area contributed by atoms with E-state index in [2.05, 4.69) is 37.8 Å². The predicted molar refractivity (Wildman–Crippen MR) is 91.7 cm³/mol. The maximum absolute atomic E-state index is 8.11. The fourth-order valence-corrected chi connectivity index (χ4v) is 1.56. The highest BCUT2D eigenvalue weighted by Gasteiger charge is 2.02. The van der Waals surface area contributed by atoms with Gasteiger partial charge in [-0.05, 0) is 31.9 Å². The van der Waals surface area contributed by atoms with Crippen LogP contribution in [0.1, 0.15) is 38.8 Å². The van der Waals surface area contributed by atoms with Crippen molar-refractivity contribution in [3.05, 3.63) is 71.3 Å². The number of hydrogen-bond donors (Lipinski definition) is 1. The monoisotopic (exact) mass is 269 g/mol. The summed E-state index contributed by atoms with van der Waals surface area (Å²) >= 11 is 0. The summed E-state index contributed by atoms with van der Waals surface area (Å²) in [7, 11) is 0. The van der Waals surface area contributed by atoms with Crippen LogP contribution in [0.15, 0.2) is 60.2 Å². The lowest BCUT2D eigenvalue weighted by Crippen LogP contribution is -2.03. The highest BCUT2D eigenvalue weighted by molar-refractivity contribution is 6.01. The first kappa shape index (κ1) is 18.1. The SMILES string of the molecule is C=C/C(=C\C=C(C)C)C(=N)Cc1ccc(C)cc1.CC. The second-order valence-electron chi connectivity index (χ2n) is 4.71. The van der Waals surface area contributed by atoms with Crippen molar-refractivity contribution >= 4 is 5.71 Å². The third-order valence-electron chi connectivity index (χ3n) is 2.67. The van der Waals surface area contributed by atoms with Crippen molar-refractivity contribution in [1.82, 2.24) is 0 Å². The molecule has 0 aliphatic heterocycles. The minimum atomic E-state index is 0.603. The van der Waals surface area contributed by atoms with E-state index in [0.717, 1.165) is 11.1 Å². The molecule has 0 heterocycles. The van der Waals surface area contributed by atoms with E-state index in [1.807, 2.05) is 39.8 Å². The molecule has 108 valence electrons. The molecule has 0 aliphatic rings. The highest BCUT2D eigenvalue weighted by Crippen LogP contribution is 2.09. The number of nitrogens with one attached hydrogen (secondary N) is 1. The fourth-order valence-electron chi connectivity index (χ4n) is 1.56. The third-order valence-corrected chi connectivity index (χ3v) is 2.67. The van der Waals surface area contributed by atoms with Crippen LogP contribution >= 0.6 is 0 Å². The van der Waals surface area contributed by atoms with Crippen LogP contribution in [0.3, 0.4) is 0 Å². The average molecular weight is 269 g/mol. The van der Waals surface area contributed by atoms with Crippen LogP contribution in [0.5, 0.6) is 0 Å². The molecule has 1 N–H and O–H groups in total. The van der Waals surface area contributed by atoms with Gasteiger partial charge in [0.25, 0.3) is 0 Å². The molecule has 0 aliphatic carbocycles. The summed E-state index contributed by atoms with van der Waals surface area (Å²) in [5.41, 5.74) is 5.12. The van der Waals surface area contributed by atoms with Gasteiger partial charge in [0.15, 0.2) is 0 Å². The number of hydrogen-bond acceptors (Lipinski definition) is 1. The zero-order chi connectivity index (χ0) is 15.5. The molecule has 1 aromatic carbocycles. The van der Waals surface area contributed by atoms with Crippen molar-refractivity contribution in [1.29, 1.82) is 5.41 Å². The summed E-state index contributed by atoms with van der Waals surface area (Å²) in [6.07, 6.45) is 6.37. The van der Waals surface area contributed by atoms with Gasteiger partial charge in [0, 0.05) is 12.1 Å². The van der Waals surface area contributed by atoms with E-state index in [0.29, 0.717) is 12.1 Å². The van der Waals surface area contributed by atoms with Gasteiger partial charge in [-0.1, -0.05) is 74.1 Å². The third kappa shape index (κ3) is 6.89. The summed E-state index contributed by atoms with van der Waals surface area (Å²) in [5.74, 6) is 0. The van der Waals surface area contributed by atoms with Crippen LogP contribution in [-0.2, 0) is 6.42 Å². The molecule has 0 radical (unpaired) electrons. The Balaban J connectivity index is 0.00000172.